The highest BCUT2D eigenvalue weighted by molar-refractivity contribution is 7.90. The molecule has 24 heavy (non-hydrogen) atoms. The van der Waals surface area contributed by atoms with Crippen molar-refractivity contribution in [3.05, 3.63) is 35.0 Å². The predicted molar refractivity (Wildman–Crippen MR) is 94.6 cm³/mol. The van der Waals surface area contributed by atoms with Gasteiger partial charge in [-0.25, -0.2) is 13.4 Å². The van der Waals surface area contributed by atoms with Crippen LogP contribution in [0.25, 0.3) is 0 Å². The first-order valence-electron chi connectivity index (χ1n) is 7.41. The first-order chi connectivity index (χ1) is 11.1. The van der Waals surface area contributed by atoms with Gasteiger partial charge in [-0.2, -0.15) is 0 Å². The fraction of sp³-hybridized carbons (Fsp3) is 0.400. The molecule has 9 heteroatoms. The van der Waals surface area contributed by atoms with Gasteiger partial charge in [-0.15, -0.1) is 15.7 Å². The van der Waals surface area contributed by atoms with Gasteiger partial charge in [-0.05, 0) is 12.2 Å². The number of carbonyl (C=O) groups is 1. The Balaban J connectivity index is 1.74. The van der Waals surface area contributed by atoms with E-state index in [0.717, 1.165) is 5.69 Å². The van der Waals surface area contributed by atoms with Crippen LogP contribution in [0.15, 0.2) is 33.7 Å². The molecule has 1 aromatic heterocycles. The minimum Gasteiger partial charge on any atom is -0.330 e. The number of amidine groups is 1. The van der Waals surface area contributed by atoms with E-state index in [9.17, 15) is 13.2 Å². The van der Waals surface area contributed by atoms with Crippen LogP contribution < -0.4 is 5.32 Å². The number of nitrogens with zero attached hydrogens (tertiary/aromatic N) is 3. The first kappa shape index (κ1) is 16.8. The molecule has 3 heterocycles. The second kappa shape index (κ2) is 5.82. The Labute approximate surface area is 144 Å². The summed E-state index contributed by atoms with van der Waals surface area (Å²) >= 11 is 1.38. The highest BCUT2D eigenvalue weighted by Crippen LogP contribution is 2.27. The van der Waals surface area contributed by atoms with Crippen LogP contribution in [0.5, 0.6) is 0 Å². The summed E-state index contributed by atoms with van der Waals surface area (Å²) in [6.45, 7) is 6.47. The molecule has 0 aromatic carbocycles. The van der Waals surface area contributed by atoms with E-state index in [4.69, 9.17) is 0 Å². The molecule has 0 saturated carbocycles. The lowest BCUT2D eigenvalue weighted by molar-refractivity contribution is -0.112. The van der Waals surface area contributed by atoms with E-state index < -0.39 is 10.0 Å². The number of amides is 1. The van der Waals surface area contributed by atoms with Gasteiger partial charge >= 0.3 is 0 Å². The molecule has 2 aliphatic heterocycles. The fourth-order valence-electron chi connectivity index (χ4n) is 2.18. The summed E-state index contributed by atoms with van der Waals surface area (Å²) in [4.78, 5) is 18.5. The maximum Gasteiger partial charge on any atom is 0.258 e. The molecule has 0 saturated heterocycles. The summed E-state index contributed by atoms with van der Waals surface area (Å²) in [5.74, 6) is -0.00688. The molecule has 1 aromatic rings. The van der Waals surface area contributed by atoms with Crippen LogP contribution in [0.4, 0.5) is 5.13 Å². The van der Waals surface area contributed by atoms with Gasteiger partial charge in [0.25, 0.3) is 15.9 Å². The third-order valence-electron chi connectivity index (χ3n) is 3.58. The predicted octanol–water partition coefficient (Wildman–Crippen LogP) is 1.88. The number of nitrogens with one attached hydrogen (secondary N) is 1. The lowest BCUT2D eigenvalue weighted by atomic mass is 9.93. The van der Waals surface area contributed by atoms with E-state index in [-0.39, 0.29) is 23.6 Å². The Bertz CT molecular complexity index is 873. The summed E-state index contributed by atoms with van der Waals surface area (Å²) < 4.78 is 26.7. The lowest BCUT2D eigenvalue weighted by Crippen LogP contribution is -2.37. The van der Waals surface area contributed by atoms with Crippen molar-refractivity contribution in [1.29, 1.82) is 0 Å². The molecule has 128 valence electrons. The van der Waals surface area contributed by atoms with Gasteiger partial charge in [-0.1, -0.05) is 20.8 Å². The van der Waals surface area contributed by atoms with E-state index in [2.05, 4.69) is 35.5 Å². The molecular formula is C15H18N4O3S2. The molecule has 0 aliphatic carbocycles. The first-order valence-corrected chi connectivity index (χ1v) is 9.89. The van der Waals surface area contributed by atoms with Gasteiger partial charge < -0.3 is 4.90 Å². The van der Waals surface area contributed by atoms with E-state index >= 15 is 0 Å². The van der Waals surface area contributed by atoms with Crippen molar-refractivity contribution in [1.82, 2.24) is 9.88 Å². The second-order valence-corrected chi connectivity index (χ2v) is 9.20. The van der Waals surface area contributed by atoms with E-state index in [1.165, 1.54) is 17.4 Å². The van der Waals surface area contributed by atoms with Crippen molar-refractivity contribution >= 4 is 38.2 Å². The standard InChI is InChI=1S/C15H18N4O3S2/c1-15(2,3)11-9-23-14(16-11)17-13(20)10-4-5-12-18-24(21,22)7-6-19(12)8-10/h4-5,8-9H,6-7H2,1-3H3,(H,16,17,20). The minimum atomic E-state index is -3.39. The quantitative estimate of drug-likeness (QED) is 0.863. The van der Waals surface area contributed by atoms with Crippen LogP contribution in [0, 0.1) is 0 Å². The largest absolute Gasteiger partial charge is 0.330 e. The topological polar surface area (TPSA) is 91.7 Å². The molecule has 7 nitrogen and oxygen atoms in total. The number of carbonyl (C=O) groups excluding carboxylic acids is 1. The van der Waals surface area contributed by atoms with Gasteiger partial charge in [0.15, 0.2) is 5.13 Å². The van der Waals surface area contributed by atoms with Crippen molar-refractivity contribution < 1.29 is 13.2 Å². The molecule has 0 unspecified atom stereocenters. The number of hydrogen-bond donors (Lipinski definition) is 1. The molecule has 1 amide bonds. The molecule has 0 radical (unpaired) electrons. The van der Waals surface area contributed by atoms with Crippen LogP contribution in [-0.2, 0) is 20.2 Å². The van der Waals surface area contributed by atoms with Crippen molar-refractivity contribution in [2.75, 3.05) is 17.6 Å². The average Bonchev–Trinajstić information content (AvgIpc) is 2.94. The maximum absolute atomic E-state index is 12.4. The van der Waals surface area contributed by atoms with Gasteiger partial charge in [-0.3, -0.25) is 10.1 Å². The van der Waals surface area contributed by atoms with Crippen LogP contribution in [0.2, 0.25) is 0 Å². The number of rotatable bonds is 2. The van der Waals surface area contributed by atoms with Crippen LogP contribution in [-0.4, -0.2) is 42.3 Å². The number of sulfonamides is 1. The van der Waals surface area contributed by atoms with E-state index in [0.29, 0.717) is 16.5 Å². The average molecular weight is 366 g/mol. The Hall–Kier alpha value is -2.00. The van der Waals surface area contributed by atoms with Gasteiger partial charge in [0.2, 0.25) is 0 Å². The summed E-state index contributed by atoms with van der Waals surface area (Å²) in [5.41, 5.74) is 1.28. The van der Waals surface area contributed by atoms with E-state index in [1.54, 1.807) is 17.2 Å². The zero-order chi connectivity index (χ0) is 17.5. The van der Waals surface area contributed by atoms with Gasteiger partial charge in [0, 0.05) is 23.5 Å². The molecule has 2 aliphatic rings. The molecular weight excluding hydrogens is 348 g/mol. The number of hydrogen-bond acceptors (Lipinski definition) is 6. The molecule has 0 fully saturated rings. The number of anilines is 1. The van der Waals surface area contributed by atoms with Crippen LogP contribution in [0.1, 0.15) is 26.5 Å². The normalized spacial score (nSPS) is 19.4. The smallest absolute Gasteiger partial charge is 0.258 e. The Kier molecular flexibility index (Phi) is 4.08. The number of thiazole rings is 1. The van der Waals surface area contributed by atoms with Gasteiger partial charge in [0.05, 0.1) is 17.0 Å². The van der Waals surface area contributed by atoms with Crippen molar-refractivity contribution in [2.24, 2.45) is 4.40 Å². The zero-order valence-electron chi connectivity index (χ0n) is 13.6. The van der Waals surface area contributed by atoms with Crippen LogP contribution in [0.3, 0.4) is 0 Å². The lowest BCUT2D eigenvalue weighted by Gasteiger charge is -2.26. The third-order valence-corrected chi connectivity index (χ3v) is 5.50. The van der Waals surface area contributed by atoms with Crippen molar-refractivity contribution in [3.63, 3.8) is 0 Å². The SMILES string of the molecule is CC(C)(C)c1csc(NC(=O)C2=CN3CCS(=O)(=O)N=C3C=C2)n1. The fourth-order valence-corrected chi connectivity index (χ4v) is 4.08. The molecule has 0 spiro atoms. The summed E-state index contributed by atoms with van der Waals surface area (Å²) in [7, 11) is -3.39. The monoisotopic (exact) mass is 366 g/mol. The summed E-state index contributed by atoms with van der Waals surface area (Å²) in [5, 5.41) is 5.25. The summed E-state index contributed by atoms with van der Waals surface area (Å²) in [6, 6.07) is 0. The minimum absolute atomic E-state index is 0.0584. The highest BCUT2D eigenvalue weighted by atomic mass is 32.2. The number of aromatic nitrogens is 1. The van der Waals surface area contributed by atoms with Crippen molar-refractivity contribution in [3.8, 4) is 0 Å². The second-order valence-electron chi connectivity index (χ2n) is 6.59. The summed E-state index contributed by atoms with van der Waals surface area (Å²) in [6.07, 6.45) is 4.71. The molecule has 0 atom stereocenters. The Morgan fingerprint density at radius 3 is 2.75 bits per heavy atom. The van der Waals surface area contributed by atoms with E-state index in [1.807, 2.05) is 5.38 Å². The molecule has 3 rings (SSSR count). The maximum atomic E-state index is 12.4. The Morgan fingerprint density at radius 1 is 1.33 bits per heavy atom. The highest BCUT2D eigenvalue weighted by Gasteiger charge is 2.25. The van der Waals surface area contributed by atoms with Gasteiger partial charge in [0.1, 0.15) is 5.84 Å². The molecule has 1 N–H and O–H groups in total. The number of fused-ring (bicyclic) bond motifs is 1. The molecule has 0 bridgehead atoms. The zero-order valence-corrected chi connectivity index (χ0v) is 15.2. The third kappa shape index (κ3) is 3.57. The van der Waals surface area contributed by atoms with Crippen molar-refractivity contribution in [2.45, 2.75) is 26.2 Å². The van der Waals surface area contributed by atoms with Crippen LogP contribution >= 0.6 is 11.3 Å². The Morgan fingerprint density at radius 2 is 2.08 bits per heavy atom.